The molecule has 2 aromatic heterocycles. The molecule has 32 heavy (non-hydrogen) atoms. The first kappa shape index (κ1) is 23.1. The molecule has 1 amide bonds. The average molecular weight is 458 g/mol. The van der Waals surface area contributed by atoms with Crippen LogP contribution in [0, 0.1) is 12.8 Å². The van der Waals surface area contributed by atoms with Crippen LogP contribution in [0.4, 0.5) is 5.69 Å². The predicted octanol–water partition coefficient (Wildman–Crippen LogP) is 3.00. The normalized spacial score (nSPS) is 10.9. The van der Waals surface area contributed by atoms with Gasteiger partial charge < -0.3 is 14.8 Å². The number of carbonyl (C=O) groups excluding carboxylic acids is 3. The zero-order valence-electron chi connectivity index (χ0n) is 18.1. The van der Waals surface area contributed by atoms with Crippen LogP contribution < -0.4 is 10.9 Å². The number of nitrogens with zero attached hydrogens (tertiary/aromatic N) is 2. The van der Waals surface area contributed by atoms with Crippen molar-refractivity contribution in [2.75, 3.05) is 19.0 Å². The summed E-state index contributed by atoms with van der Waals surface area (Å²) >= 11 is 1.09. The van der Waals surface area contributed by atoms with Crippen molar-refractivity contribution in [1.82, 2.24) is 9.55 Å². The molecule has 0 aliphatic carbocycles. The zero-order valence-corrected chi connectivity index (χ0v) is 18.9. The Morgan fingerprint density at radius 3 is 2.66 bits per heavy atom. The Kier molecular flexibility index (Phi) is 7.04. The fourth-order valence-electron chi connectivity index (χ4n) is 2.97. The van der Waals surface area contributed by atoms with Crippen molar-refractivity contribution < 1.29 is 23.9 Å². The van der Waals surface area contributed by atoms with Crippen LogP contribution >= 0.6 is 11.3 Å². The van der Waals surface area contributed by atoms with Crippen molar-refractivity contribution in [3.8, 4) is 0 Å². The van der Waals surface area contributed by atoms with Gasteiger partial charge >= 0.3 is 11.9 Å². The number of carbonyl (C=O) groups is 3. The summed E-state index contributed by atoms with van der Waals surface area (Å²) in [5.41, 5.74) is 0.736. The lowest BCUT2D eigenvalue weighted by Gasteiger charge is -2.08. The summed E-state index contributed by atoms with van der Waals surface area (Å²) in [6.45, 7) is 5.52. The minimum Gasteiger partial charge on any atom is -0.465 e. The van der Waals surface area contributed by atoms with Gasteiger partial charge in [-0.25, -0.2) is 14.6 Å². The van der Waals surface area contributed by atoms with Gasteiger partial charge in [-0.2, -0.15) is 0 Å². The topological polar surface area (TPSA) is 117 Å². The molecule has 10 heteroatoms. The lowest BCUT2D eigenvalue weighted by atomic mass is 10.2. The van der Waals surface area contributed by atoms with E-state index in [4.69, 9.17) is 4.74 Å². The first-order valence-electron chi connectivity index (χ1n) is 9.85. The number of aryl methyl sites for hydroxylation is 1. The summed E-state index contributed by atoms with van der Waals surface area (Å²) in [7, 11) is 1.27. The third kappa shape index (κ3) is 5.02. The Morgan fingerprint density at radius 1 is 1.22 bits per heavy atom. The fraction of sp³-hybridized carbons (Fsp3) is 0.318. The quantitative estimate of drug-likeness (QED) is 0.542. The molecule has 0 unspecified atom stereocenters. The van der Waals surface area contributed by atoms with Crippen molar-refractivity contribution in [2.24, 2.45) is 5.92 Å². The van der Waals surface area contributed by atoms with Crippen molar-refractivity contribution >= 4 is 45.1 Å². The second kappa shape index (κ2) is 9.73. The van der Waals surface area contributed by atoms with Crippen molar-refractivity contribution in [3.63, 3.8) is 0 Å². The number of hydrogen-bond donors (Lipinski definition) is 1. The lowest BCUT2D eigenvalue weighted by Crippen LogP contribution is -2.28. The number of rotatable bonds is 7. The Morgan fingerprint density at radius 2 is 1.97 bits per heavy atom. The highest BCUT2D eigenvalue weighted by molar-refractivity contribution is 7.20. The van der Waals surface area contributed by atoms with Crippen LogP contribution in [0.2, 0.25) is 0 Å². The number of benzene rings is 1. The van der Waals surface area contributed by atoms with E-state index in [2.05, 4.69) is 15.0 Å². The van der Waals surface area contributed by atoms with Gasteiger partial charge in [-0.3, -0.25) is 14.2 Å². The Bertz CT molecular complexity index is 1240. The van der Waals surface area contributed by atoms with Gasteiger partial charge in [0.05, 0.1) is 31.0 Å². The van der Waals surface area contributed by atoms with Crippen molar-refractivity contribution in [1.29, 1.82) is 0 Å². The largest absolute Gasteiger partial charge is 0.465 e. The third-order valence-corrected chi connectivity index (χ3v) is 5.71. The molecule has 3 aromatic rings. The summed E-state index contributed by atoms with van der Waals surface area (Å²) in [4.78, 5) is 54.4. The van der Waals surface area contributed by atoms with Crippen LogP contribution in [0.15, 0.2) is 35.4 Å². The van der Waals surface area contributed by atoms with Crippen LogP contribution in [0.25, 0.3) is 10.2 Å². The summed E-state index contributed by atoms with van der Waals surface area (Å²) in [6, 6.07) is 6.27. The summed E-state index contributed by atoms with van der Waals surface area (Å²) in [5.74, 6) is -1.30. The minimum absolute atomic E-state index is 0.191. The highest BCUT2D eigenvalue weighted by Crippen LogP contribution is 2.27. The van der Waals surface area contributed by atoms with Gasteiger partial charge in [0, 0.05) is 5.69 Å². The number of hydrogen-bond acceptors (Lipinski definition) is 8. The van der Waals surface area contributed by atoms with E-state index in [1.54, 1.807) is 25.1 Å². The average Bonchev–Trinajstić information content (AvgIpc) is 3.10. The number of fused-ring (bicyclic) bond motifs is 1. The highest BCUT2D eigenvalue weighted by Gasteiger charge is 2.21. The van der Waals surface area contributed by atoms with E-state index >= 15 is 0 Å². The van der Waals surface area contributed by atoms with Gasteiger partial charge in [-0.1, -0.05) is 19.9 Å². The van der Waals surface area contributed by atoms with Crippen molar-refractivity contribution in [3.05, 3.63) is 57.0 Å². The number of aromatic nitrogens is 2. The van der Waals surface area contributed by atoms with E-state index in [0.29, 0.717) is 21.0 Å². The molecule has 9 nitrogen and oxygen atoms in total. The van der Waals surface area contributed by atoms with E-state index in [1.807, 2.05) is 13.8 Å². The molecule has 1 aromatic carbocycles. The molecule has 168 valence electrons. The van der Waals surface area contributed by atoms with Gasteiger partial charge in [0.25, 0.3) is 5.56 Å². The number of ether oxygens (including phenoxy) is 2. The molecule has 0 atom stereocenters. The van der Waals surface area contributed by atoms with E-state index in [0.717, 1.165) is 11.3 Å². The molecular weight excluding hydrogens is 434 g/mol. The number of methoxy groups -OCH3 is 1. The fourth-order valence-corrected chi connectivity index (χ4v) is 4.00. The number of nitrogens with one attached hydrogen (secondary N) is 1. The zero-order chi connectivity index (χ0) is 23.4. The molecule has 0 spiro atoms. The number of thiophene rings is 1. The Labute approximate surface area is 188 Å². The van der Waals surface area contributed by atoms with Crippen LogP contribution in [-0.2, 0) is 20.8 Å². The molecule has 0 bridgehead atoms. The first-order valence-corrected chi connectivity index (χ1v) is 10.7. The summed E-state index contributed by atoms with van der Waals surface area (Å²) < 4.78 is 11.1. The maximum absolute atomic E-state index is 13.0. The predicted molar refractivity (Wildman–Crippen MR) is 120 cm³/mol. The number of amides is 1. The molecule has 0 radical (unpaired) electrons. The molecular formula is C22H23N3O6S. The maximum Gasteiger partial charge on any atom is 0.348 e. The molecule has 1 N–H and O–H groups in total. The van der Waals surface area contributed by atoms with Crippen LogP contribution in [0.5, 0.6) is 0 Å². The monoisotopic (exact) mass is 457 g/mol. The van der Waals surface area contributed by atoms with Crippen LogP contribution in [0.1, 0.15) is 39.4 Å². The van der Waals surface area contributed by atoms with Crippen LogP contribution in [0.3, 0.4) is 0 Å². The SMILES string of the molecule is COC(=O)c1cccc(NC(=O)Cn2cnc3sc(C(=O)OCC(C)C)c(C)c3c2=O)c1. The Hall–Kier alpha value is -3.53. The molecule has 0 saturated carbocycles. The van der Waals surface area contributed by atoms with Crippen molar-refractivity contribution in [2.45, 2.75) is 27.3 Å². The molecule has 0 aliphatic heterocycles. The van der Waals surface area contributed by atoms with Gasteiger partial charge in [0.1, 0.15) is 16.3 Å². The lowest BCUT2D eigenvalue weighted by molar-refractivity contribution is -0.116. The minimum atomic E-state index is -0.525. The molecule has 0 saturated heterocycles. The van der Waals surface area contributed by atoms with Gasteiger partial charge in [-0.15, -0.1) is 11.3 Å². The number of anilines is 1. The summed E-state index contributed by atoms with van der Waals surface area (Å²) in [6.07, 6.45) is 1.27. The number of esters is 2. The second-order valence-electron chi connectivity index (χ2n) is 7.53. The second-order valence-corrected chi connectivity index (χ2v) is 8.53. The van der Waals surface area contributed by atoms with Gasteiger partial charge in [0.15, 0.2) is 0 Å². The van der Waals surface area contributed by atoms with E-state index in [1.165, 1.54) is 24.1 Å². The smallest absolute Gasteiger partial charge is 0.348 e. The van der Waals surface area contributed by atoms with Gasteiger partial charge in [0.2, 0.25) is 5.91 Å². The molecule has 0 fully saturated rings. The first-order chi connectivity index (χ1) is 15.2. The maximum atomic E-state index is 13.0. The van der Waals surface area contributed by atoms with Gasteiger partial charge in [-0.05, 0) is 36.6 Å². The van der Waals surface area contributed by atoms with E-state index in [9.17, 15) is 19.2 Å². The van der Waals surface area contributed by atoms with E-state index < -0.39 is 23.4 Å². The third-order valence-electron chi connectivity index (χ3n) is 4.53. The molecule has 2 heterocycles. The van der Waals surface area contributed by atoms with E-state index in [-0.39, 0.29) is 30.0 Å². The molecule has 3 rings (SSSR count). The summed E-state index contributed by atoms with van der Waals surface area (Å²) in [5, 5.41) is 2.93. The highest BCUT2D eigenvalue weighted by atomic mass is 32.1. The molecule has 0 aliphatic rings. The standard InChI is InChI=1S/C22H23N3O6S/c1-12(2)10-31-22(29)18-13(3)17-19(32-18)23-11-25(20(17)27)9-16(26)24-15-7-5-6-14(8-15)21(28)30-4/h5-8,11-12H,9-10H2,1-4H3,(H,24,26). The van der Waals surface area contributed by atoms with Crippen LogP contribution in [-0.4, -0.2) is 41.1 Å². The Balaban J connectivity index is 1.81.